The Hall–Kier alpha value is -4.26. The van der Waals surface area contributed by atoms with Gasteiger partial charge < -0.3 is 14.5 Å². The Balaban J connectivity index is 1.37. The van der Waals surface area contributed by atoms with Crippen molar-refractivity contribution in [1.29, 1.82) is 0 Å². The van der Waals surface area contributed by atoms with E-state index in [9.17, 15) is 9.59 Å². The second-order valence-electron chi connectivity index (χ2n) is 8.90. The summed E-state index contributed by atoms with van der Waals surface area (Å²) in [7, 11) is 0. The Morgan fingerprint density at radius 1 is 0.912 bits per heavy atom. The van der Waals surface area contributed by atoms with E-state index in [-0.39, 0.29) is 25.3 Å². The fourth-order valence-corrected chi connectivity index (χ4v) is 5.47. The van der Waals surface area contributed by atoms with E-state index in [1.807, 2.05) is 66.7 Å². The lowest BCUT2D eigenvalue weighted by atomic mass is 9.88. The molecule has 1 saturated heterocycles. The number of nitrogens with one attached hydrogen (secondary N) is 1. The van der Waals surface area contributed by atoms with Crippen LogP contribution in [-0.4, -0.2) is 39.6 Å². The third kappa shape index (κ3) is 2.70. The van der Waals surface area contributed by atoms with Gasteiger partial charge in [0.15, 0.2) is 11.5 Å². The number of ether oxygens (including phenoxy) is 2. The monoisotopic (exact) mass is 451 g/mol. The largest absolute Gasteiger partial charge is 0.454 e. The van der Waals surface area contributed by atoms with E-state index in [2.05, 4.69) is 11.1 Å². The molecule has 7 nitrogen and oxygen atoms in total. The van der Waals surface area contributed by atoms with Gasteiger partial charge in [-0.2, -0.15) is 0 Å². The quantitative estimate of drug-likeness (QED) is 0.469. The van der Waals surface area contributed by atoms with Crippen molar-refractivity contribution < 1.29 is 19.1 Å². The second kappa shape index (κ2) is 7.12. The van der Waals surface area contributed by atoms with Crippen LogP contribution in [0, 0.1) is 0 Å². The summed E-state index contributed by atoms with van der Waals surface area (Å²) in [6.45, 7) is 0.434. The first-order chi connectivity index (χ1) is 16.7. The Morgan fingerprint density at radius 2 is 1.71 bits per heavy atom. The summed E-state index contributed by atoms with van der Waals surface area (Å²) in [5.74, 6) is 1.18. The molecule has 4 aromatic rings. The fourth-order valence-electron chi connectivity index (χ4n) is 5.47. The smallest absolute Gasteiger partial charge is 0.328 e. The summed E-state index contributed by atoms with van der Waals surface area (Å²) >= 11 is 0. The summed E-state index contributed by atoms with van der Waals surface area (Å²) in [5, 5.41) is 1.09. The number of benzene rings is 3. The minimum Gasteiger partial charge on any atom is -0.454 e. The number of amides is 3. The zero-order valence-electron chi connectivity index (χ0n) is 18.2. The van der Waals surface area contributed by atoms with Crippen LogP contribution in [-0.2, 0) is 17.8 Å². The van der Waals surface area contributed by atoms with Gasteiger partial charge in [0.2, 0.25) is 6.79 Å². The highest BCUT2D eigenvalue weighted by atomic mass is 16.7. The number of hydrogen-bond acceptors (Lipinski definition) is 4. The third-order valence-corrected chi connectivity index (χ3v) is 7.03. The molecule has 168 valence electrons. The van der Waals surface area contributed by atoms with Crippen molar-refractivity contribution in [2.75, 3.05) is 6.79 Å². The molecule has 3 aliphatic heterocycles. The molecule has 0 saturated carbocycles. The molecule has 1 N–H and O–H groups in total. The molecule has 7 rings (SSSR count). The lowest BCUT2D eigenvalue weighted by Gasteiger charge is -2.36. The molecule has 0 spiro atoms. The predicted octanol–water partition coefficient (Wildman–Crippen LogP) is 4.38. The van der Waals surface area contributed by atoms with Crippen molar-refractivity contribution in [2.24, 2.45) is 0 Å². The van der Waals surface area contributed by atoms with Gasteiger partial charge in [-0.15, -0.1) is 0 Å². The molecule has 0 aliphatic carbocycles. The summed E-state index contributed by atoms with van der Waals surface area (Å²) in [4.78, 5) is 34.0. The number of fused-ring (bicyclic) bond motifs is 5. The van der Waals surface area contributed by atoms with Gasteiger partial charge in [0.05, 0.1) is 6.54 Å². The van der Waals surface area contributed by atoms with E-state index < -0.39 is 12.1 Å². The number of H-pyrrole nitrogens is 1. The van der Waals surface area contributed by atoms with Crippen LogP contribution in [0.4, 0.5) is 4.79 Å². The fraction of sp³-hybridized carbons (Fsp3) is 0.185. The molecule has 0 unspecified atom stereocenters. The molecular formula is C27H21N3O4. The molecule has 1 aromatic heterocycles. The highest BCUT2D eigenvalue weighted by molar-refractivity contribution is 6.05. The molecule has 7 heteroatoms. The van der Waals surface area contributed by atoms with E-state index >= 15 is 0 Å². The van der Waals surface area contributed by atoms with E-state index in [0.29, 0.717) is 17.9 Å². The normalized spacial score (nSPS) is 20.7. The molecule has 0 bridgehead atoms. The first-order valence-electron chi connectivity index (χ1n) is 11.4. The van der Waals surface area contributed by atoms with Crippen LogP contribution in [0.3, 0.4) is 0 Å². The molecule has 3 amide bonds. The van der Waals surface area contributed by atoms with Crippen LogP contribution in [0.1, 0.15) is 28.4 Å². The molecule has 3 aliphatic rings. The Kier molecular flexibility index (Phi) is 4.03. The number of aromatic nitrogens is 1. The van der Waals surface area contributed by atoms with Gasteiger partial charge in [-0.1, -0.05) is 54.6 Å². The maximum Gasteiger partial charge on any atom is 0.328 e. The molecule has 4 heterocycles. The van der Waals surface area contributed by atoms with Crippen LogP contribution in [0.25, 0.3) is 10.9 Å². The van der Waals surface area contributed by atoms with E-state index in [1.165, 1.54) is 4.90 Å². The Morgan fingerprint density at radius 3 is 2.59 bits per heavy atom. The lowest BCUT2D eigenvalue weighted by Crippen LogP contribution is -2.44. The van der Waals surface area contributed by atoms with Gasteiger partial charge in [-0.05, 0) is 34.9 Å². The van der Waals surface area contributed by atoms with Crippen LogP contribution in [0.5, 0.6) is 11.5 Å². The maximum absolute atomic E-state index is 13.8. The summed E-state index contributed by atoms with van der Waals surface area (Å²) in [6.07, 6.45) is 0.482. The average molecular weight is 451 g/mol. The summed E-state index contributed by atoms with van der Waals surface area (Å²) in [5.41, 5.74) is 4.83. The Labute approximate surface area is 195 Å². The van der Waals surface area contributed by atoms with Crippen LogP contribution >= 0.6 is 0 Å². The number of urea groups is 1. The minimum atomic E-state index is -0.557. The third-order valence-electron chi connectivity index (χ3n) is 7.03. The van der Waals surface area contributed by atoms with E-state index in [0.717, 1.165) is 33.3 Å². The SMILES string of the molecule is O=C1[C@@H]2Cc3c([nH]c4ccccc34)[C@H](c3ccc4c(c3)OCO4)N2C(=O)N1Cc1ccccc1. The van der Waals surface area contributed by atoms with Crippen molar-refractivity contribution in [3.63, 3.8) is 0 Å². The number of carbonyl (C=O) groups excluding carboxylic acids is 2. The van der Waals surface area contributed by atoms with Gasteiger partial charge in [0.1, 0.15) is 12.1 Å². The van der Waals surface area contributed by atoms with Crippen LogP contribution in [0.2, 0.25) is 0 Å². The van der Waals surface area contributed by atoms with Crippen LogP contribution < -0.4 is 9.47 Å². The predicted molar refractivity (Wildman–Crippen MR) is 124 cm³/mol. The number of carbonyl (C=O) groups is 2. The number of imide groups is 1. The molecule has 1 fully saturated rings. The van der Waals surface area contributed by atoms with Crippen molar-refractivity contribution in [3.8, 4) is 11.5 Å². The van der Waals surface area contributed by atoms with Crippen molar-refractivity contribution in [2.45, 2.75) is 25.0 Å². The molecule has 2 atom stereocenters. The van der Waals surface area contributed by atoms with Gasteiger partial charge in [0, 0.05) is 23.0 Å². The zero-order chi connectivity index (χ0) is 22.8. The summed E-state index contributed by atoms with van der Waals surface area (Å²) in [6, 6.07) is 22.2. The molecular weight excluding hydrogens is 430 g/mol. The highest BCUT2D eigenvalue weighted by Gasteiger charge is 2.52. The van der Waals surface area contributed by atoms with Crippen LogP contribution in [0.15, 0.2) is 72.8 Å². The van der Waals surface area contributed by atoms with Gasteiger partial charge in [-0.25, -0.2) is 4.79 Å². The number of hydrogen-bond donors (Lipinski definition) is 1. The van der Waals surface area contributed by atoms with Crippen molar-refractivity contribution in [3.05, 3.63) is 95.2 Å². The van der Waals surface area contributed by atoms with E-state index in [4.69, 9.17) is 9.47 Å². The van der Waals surface area contributed by atoms with E-state index in [1.54, 1.807) is 4.90 Å². The highest BCUT2D eigenvalue weighted by Crippen LogP contribution is 2.46. The number of aromatic amines is 1. The van der Waals surface area contributed by atoms with Gasteiger partial charge in [-0.3, -0.25) is 14.6 Å². The Bertz CT molecular complexity index is 1460. The summed E-state index contributed by atoms with van der Waals surface area (Å²) < 4.78 is 11.1. The van der Waals surface area contributed by atoms with Gasteiger partial charge >= 0.3 is 6.03 Å². The maximum atomic E-state index is 13.8. The van der Waals surface area contributed by atoms with Gasteiger partial charge in [0.25, 0.3) is 5.91 Å². The molecule has 0 radical (unpaired) electrons. The first kappa shape index (κ1) is 19.2. The standard InChI is InChI=1S/C27H21N3O4/c31-26-21-13-19-18-8-4-5-9-20(18)28-24(19)25(17-10-11-22-23(12-17)34-15-33-22)30(21)27(32)29(26)14-16-6-2-1-3-7-16/h1-12,21,25,28H,13-15H2/t21-,25-/m0/s1. The molecule has 3 aromatic carbocycles. The van der Waals surface area contributed by atoms with Crippen molar-refractivity contribution >= 4 is 22.8 Å². The van der Waals surface area contributed by atoms with Crippen molar-refractivity contribution in [1.82, 2.24) is 14.8 Å². The number of rotatable bonds is 3. The zero-order valence-corrected chi connectivity index (χ0v) is 18.2. The topological polar surface area (TPSA) is 74.9 Å². The second-order valence-corrected chi connectivity index (χ2v) is 8.90. The lowest BCUT2D eigenvalue weighted by molar-refractivity contribution is -0.129. The molecule has 34 heavy (non-hydrogen) atoms. The number of nitrogens with zero attached hydrogens (tertiary/aromatic N) is 2. The number of para-hydroxylation sites is 1. The minimum absolute atomic E-state index is 0.157. The first-order valence-corrected chi connectivity index (χ1v) is 11.4. The average Bonchev–Trinajstić information content (AvgIpc) is 3.55.